The van der Waals surface area contributed by atoms with Gasteiger partial charge in [0.15, 0.2) is 0 Å². The molecule has 2 aromatic carbocycles. The third-order valence-electron chi connectivity index (χ3n) is 7.27. The van der Waals surface area contributed by atoms with Crippen LogP contribution in [0, 0.1) is 39.5 Å². The standard InChI is InChI=1S/C26H34N2O3S/c1-17-16-18(2)20(4)25(19(17)3)32(30,31)28-14-12-23(13-15-28)26(29)27-24(22-10-11-22)21-8-6-5-7-9-21/h5-9,16,22-24H,10-15H2,1-4H3,(H,27,29)/t24-/m1/s1. The van der Waals surface area contributed by atoms with Crippen molar-refractivity contribution in [3.8, 4) is 0 Å². The van der Waals surface area contributed by atoms with Crippen molar-refractivity contribution >= 4 is 15.9 Å². The average Bonchev–Trinajstić information content (AvgIpc) is 3.62. The van der Waals surface area contributed by atoms with E-state index in [4.69, 9.17) is 0 Å². The lowest BCUT2D eigenvalue weighted by molar-refractivity contribution is -0.127. The quantitative estimate of drug-likeness (QED) is 0.694. The van der Waals surface area contributed by atoms with E-state index in [0.29, 0.717) is 36.7 Å². The number of sulfonamides is 1. The van der Waals surface area contributed by atoms with Crippen LogP contribution in [0.1, 0.15) is 59.5 Å². The Labute approximate surface area is 192 Å². The largest absolute Gasteiger partial charge is 0.349 e. The lowest BCUT2D eigenvalue weighted by Gasteiger charge is -2.32. The smallest absolute Gasteiger partial charge is 0.243 e. The molecule has 4 rings (SSSR count). The third-order valence-corrected chi connectivity index (χ3v) is 9.44. The number of hydrogen-bond acceptors (Lipinski definition) is 3. The molecule has 2 aliphatic rings. The first-order chi connectivity index (χ1) is 15.2. The number of rotatable bonds is 6. The molecular weight excluding hydrogens is 420 g/mol. The van der Waals surface area contributed by atoms with Gasteiger partial charge in [0.25, 0.3) is 0 Å². The van der Waals surface area contributed by atoms with E-state index in [0.717, 1.165) is 40.7 Å². The molecule has 1 aliphatic carbocycles. The van der Waals surface area contributed by atoms with E-state index in [2.05, 4.69) is 17.4 Å². The number of nitrogens with zero attached hydrogens (tertiary/aromatic N) is 1. The molecule has 172 valence electrons. The Hall–Kier alpha value is -2.18. The van der Waals surface area contributed by atoms with E-state index in [9.17, 15) is 13.2 Å². The number of nitrogens with one attached hydrogen (secondary N) is 1. The predicted molar refractivity (Wildman–Crippen MR) is 127 cm³/mol. The van der Waals surface area contributed by atoms with E-state index < -0.39 is 10.0 Å². The number of amides is 1. The van der Waals surface area contributed by atoms with Crippen molar-refractivity contribution in [3.05, 3.63) is 64.2 Å². The van der Waals surface area contributed by atoms with Crippen LogP contribution in [0.15, 0.2) is 41.3 Å². The molecule has 1 saturated carbocycles. The lowest BCUT2D eigenvalue weighted by Crippen LogP contribution is -2.44. The van der Waals surface area contributed by atoms with Gasteiger partial charge in [-0.3, -0.25) is 4.79 Å². The van der Waals surface area contributed by atoms with Crippen LogP contribution in [0.3, 0.4) is 0 Å². The average molecular weight is 455 g/mol. The Morgan fingerprint density at radius 2 is 1.50 bits per heavy atom. The van der Waals surface area contributed by atoms with Crippen molar-refractivity contribution in [2.45, 2.75) is 64.3 Å². The molecule has 1 atom stereocenters. The number of piperidine rings is 1. The summed E-state index contributed by atoms with van der Waals surface area (Å²) in [4.78, 5) is 13.5. The molecule has 2 aromatic rings. The first-order valence-electron chi connectivity index (χ1n) is 11.6. The van der Waals surface area contributed by atoms with E-state index in [1.165, 1.54) is 0 Å². The van der Waals surface area contributed by atoms with Crippen molar-refractivity contribution < 1.29 is 13.2 Å². The van der Waals surface area contributed by atoms with Crippen LogP contribution in [0.5, 0.6) is 0 Å². The summed E-state index contributed by atoms with van der Waals surface area (Å²) in [6.07, 6.45) is 3.40. The van der Waals surface area contributed by atoms with Gasteiger partial charge in [0, 0.05) is 19.0 Å². The van der Waals surface area contributed by atoms with E-state index in [1.807, 2.05) is 52.0 Å². The Morgan fingerprint density at radius 3 is 2.03 bits per heavy atom. The molecule has 0 bridgehead atoms. The minimum Gasteiger partial charge on any atom is -0.349 e. The molecular formula is C26H34N2O3S. The molecule has 0 aromatic heterocycles. The van der Waals surface area contributed by atoms with Crippen LogP contribution >= 0.6 is 0 Å². The number of carbonyl (C=O) groups is 1. The maximum atomic E-state index is 13.5. The van der Waals surface area contributed by atoms with E-state index in [1.54, 1.807) is 4.31 Å². The van der Waals surface area contributed by atoms with Crippen molar-refractivity contribution in [3.63, 3.8) is 0 Å². The van der Waals surface area contributed by atoms with Crippen LogP contribution in [0.25, 0.3) is 0 Å². The van der Waals surface area contributed by atoms with Gasteiger partial charge in [0.2, 0.25) is 15.9 Å². The number of hydrogen-bond donors (Lipinski definition) is 1. The maximum Gasteiger partial charge on any atom is 0.243 e. The summed E-state index contributed by atoms with van der Waals surface area (Å²) in [5.74, 6) is 0.423. The highest BCUT2D eigenvalue weighted by molar-refractivity contribution is 7.89. The highest BCUT2D eigenvalue weighted by Crippen LogP contribution is 2.41. The molecule has 1 saturated heterocycles. The summed E-state index contributed by atoms with van der Waals surface area (Å²) < 4.78 is 28.6. The SMILES string of the molecule is Cc1cc(C)c(C)c(S(=O)(=O)N2CCC(C(=O)N[C@H](c3ccccc3)C3CC3)CC2)c1C. The Balaban J connectivity index is 1.45. The fraction of sp³-hybridized carbons (Fsp3) is 0.500. The number of aryl methyl sites for hydroxylation is 2. The first kappa shape index (κ1) is 23.0. The molecule has 1 N–H and O–H groups in total. The highest BCUT2D eigenvalue weighted by atomic mass is 32.2. The molecule has 32 heavy (non-hydrogen) atoms. The number of carbonyl (C=O) groups excluding carboxylic acids is 1. The summed E-state index contributed by atoms with van der Waals surface area (Å²) in [5, 5.41) is 3.28. The Morgan fingerprint density at radius 1 is 0.938 bits per heavy atom. The normalized spacial score (nSPS) is 19.0. The van der Waals surface area contributed by atoms with Crippen LogP contribution < -0.4 is 5.32 Å². The fourth-order valence-electron chi connectivity index (χ4n) is 4.89. The first-order valence-corrected chi connectivity index (χ1v) is 13.1. The van der Waals surface area contributed by atoms with Gasteiger partial charge < -0.3 is 5.32 Å². The zero-order valence-corrected chi connectivity index (χ0v) is 20.3. The van der Waals surface area contributed by atoms with Gasteiger partial charge in [0.05, 0.1) is 10.9 Å². The van der Waals surface area contributed by atoms with Crippen molar-refractivity contribution in [2.75, 3.05) is 13.1 Å². The molecule has 1 amide bonds. The molecule has 5 nitrogen and oxygen atoms in total. The third kappa shape index (κ3) is 4.48. The predicted octanol–water partition coefficient (Wildman–Crippen LogP) is 4.59. The lowest BCUT2D eigenvalue weighted by atomic mass is 9.95. The molecule has 0 radical (unpaired) electrons. The monoisotopic (exact) mass is 454 g/mol. The van der Waals surface area contributed by atoms with Crippen molar-refractivity contribution in [1.82, 2.24) is 9.62 Å². The van der Waals surface area contributed by atoms with Gasteiger partial charge in [0.1, 0.15) is 0 Å². The zero-order valence-electron chi connectivity index (χ0n) is 19.5. The Kier molecular flexibility index (Phi) is 6.46. The van der Waals surface area contributed by atoms with Crippen molar-refractivity contribution in [2.24, 2.45) is 11.8 Å². The summed E-state index contributed by atoms with van der Waals surface area (Å²) in [6, 6.07) is 12.3. The molecule has 2 fully saturated rings. The molecule has 0 unspecified atom stereocenters. The fourth-order valence-corrected chi connectivity index (χ4v) is 6.94. The summed E-state index contributed by atoms with van der Waals surface area (Å²) in [7, 11) is -3.59. The van der Waals surface area contributed by atoms with Crippen molar-refractivity contribution in [1.29, 1.82) is 0 Å². The number of benzene rings is 2. The van der Waals surface area contributed by atoms with Crippen LogP contribution in [0.4, 0.5) is 0 Å². The molecule has 1 heterocycles. The van der Waals surface area contributed by atoms with Gasteiger partial charge in [-0.15, -0.1) is 0 Å². The molecule has 1 aliphatic heterocycles. The van der Waals surface area contributed by atoms with Crippen LogP contribution in [-0.2, 0) is 14.8 Å². The second kappa shape index (κ2) is 8.99. The van der Waals surface area contributed by atoms with Gasteiger partial charge in [-0.1, -0.05) is 36.4 Å². The highest BCUT2D eigenvalue weighted by Gasteiger charge is 2.37. The molecule has 0 spiro atoms. The van der Waals surface area contributed by atoms with Gasteiger partial charge in [-0.25, -0.2) is 8.42 Å². The van der Waals surface area contributed by atoms with Gasteiger partial charge in [-0.2, -0.15) is 4.31 Å². The van der Waals surface area contributed by atoms with Gasteiger partial charge >= 0.3 is 0 Å². The molecule has 6 heteroatoms. The summed E-state index contributed by atoms with van der Waals surface area (Å²) >= 11 is 0. The Bertz CT molecular complexity index is 1070. The topological polar surface area (TPSA) is 66.5 Å². The van der Waals surface area contributed by atoms with Gasteiger partial charge in [-0.05, 0) is 87.1 Å². The second-order valence-corrected chi connectivity index (χ2v) is 11.4. The summed E-state index contributed by atoms with van der Waals surface area (Å²) in [5.41, 5.74) is 4.79. The van der Waals surface area contributed by atoms with E-state index in [-0.39, 0.29) is 17.9 Å². The van der Waals surface area contributed by atoms with E-state index >= 15 is 0 Å². The minimum absolute atomic E-state index is 0.0570. The maximum absolute atomic E-state index is 13.5. The summed E-state index contributed by atoms with van der Waals surface area (Å²) in [6.45, 7) is 8.45. The van der Waals surface area contributed by atoms with Crippen LogP contribution in [-0.4, -0.2) is 31.7 Å². The minimum atomic E-state index is -3.59. The van der Waals surface area contributed by atoms with Crippen LogP contribution in [0.2, 0.25) is 0 Å². The second-order valence-electron chi connectivity index (χ2n) is 9.50. The zero-order chi connectivity index (χ0) is 23.0.